The van der Waals surface area contributed by atoms with Crippen LogP contribution in [0.2, 0.25) is 15.1 Å². The average molecular weight is 595 g/mol. The Balaban J connectivity index is 2.52. The van der Waals surface area contributed by atoms with Crippen molar-refractivity contribution in [1.29, 1.82) is 0 Å². The number of amides is 1. The number of benzene rings is 2. The van der Waals surface area contributed by atoms with E-state index in [1.54, 1.807) is 0 Å². The number of hydrogen-bond acceptors (Lipinski definition) is 2. The minimum Gasteiger partial charge on any atom is -0.351 e. The fraction of sp³-hybridized carbons (Fsp3) is 0.348. The van der Waals surface area contributed by atoms with Gasteiger partial charge in [0, 0.05) is 41.3 Å². The van der Waals surface area contributed by atoms with Gasteiger partial charge >= 0.3 is 6.18 Å². The molecule has 2 rings (SSSR count). The fourth-order valence-corrected chi connectivity index (χ4v) is 4.04. The number of halogens is 9. The Labute approximate surface area is 221 Å². The summed E-state index contributed by atoms with van der Waals surface area (Å²) < 4.78 is 96.3. The summed E-state index contributed by atoms with van der Waals surface area (Å²) in [6.45, 7) is 1.87. The summed E-state index contributed by atoms with van der Waals surface area (Å²) in [7, 11) is -1.33. The molecule has 0 bridgehead atoms. The van der Waals surface area contributed by atoms with Gasteiger partial charge in [-0.15, -0.1) is 0 Å². The molecule has 0 saturated heterocycles. The Kier molecular flexibility index (Phi) is 9.95. The van der Waals surface area contributed by atoms with E-state index in [1.807, 2.05) is 0 Å². The molecule has 0 heterocycles. The second-order valence-electron chi connectivity index (χ2n) is 8.02. The zero-order valence-electron chi connectivity index (χ0n) is 19.0. The molecule has 0 aromatic heterocycles. The van der Waals surface area contributed by atoms with Crippen molar-refractivity contribution in [3.63, 3.8) is 0 Å². The molecule has 1 amide bonds. The monoisotopic (exact) mass is 593 g/mol. The first-order valence-corrected chi connectivity index (χ1v) is 12.9. The highest BCUT2D eigenvalue weighted by Crippen LogP contribution is 2.42. The van der Waals surface area contributed by atoms with Gasteiger partial charge in [-0.2, -0.15) is 13.2 Å². The van der Waals surface area contributed by atoms with E-state index < -0.39 is 62.5 Å². The number of alkyl halides is 5. The summed E-state index contributed by atoms with van der Waals surface area (Å²) >= 11 is 17.6. The van der Waals surface area contributed by atoms with Crippen molar-refractivity contribution in [2.45, 2.75) is 37.1 Å². The van der Waals surface area contributed by atoms with Gasteiger partial charge in [-0.3, -0.25) is 9.00 Å². The Morgan fingerprint density at radius 3 is 2.11 bits per heavy atom. The van der Waals surface area contributed by atoms with E-state index in [0.29, 0.717) is 19.1 Å². The van der Waals surface area contributed by atoms with Gasteiger partial charge in [-0.05, 0) is 42.8 Å². The Bertz CT molecular complexity index is 1170. The third-order valence-corrected chi connectivity index (χ3v) is 7.68. The number of hydrogen-bond donors (Lipinski definition) is 1. The first-order chi connectivity index (χ1) is 16.4. The molecule has 3 atom stereocenters. The molecule has 0 saturated carbocycles. The van der Waals surface area contributed by atoms with Crippen molar-refractivity contribution in [3.05, 3.63) is 73.7 Å². The molecule has 3 nitrogen and oxygen atoms in total. The van der Waals surface area contributed by atoms with Crippen LogP contribution in [0.1, 0.15) is 46.8 Å². The second-order valence-corrected chi connectivity index (χ2v) is 11.0. The lowest BCUT2D eigenvalue weighted by atomic mass is 9.91. The van der Waals surface area contributed by atoms with E-state index in [4.69, 9.17) is 34.8 Å². The second kappa shape index (κ2) is 11.8. The Hall–Kier alpha value is -1.75. The minimum atomic E-state index is -5.06. The van der Waals surface area contributed by atoms with Gasteiger partial charge < -0.3 is 5.32 Å². The van der Waals surface area contributed by atoms with Gasteiger partial charge in [0.15, 0.2) is 0 Å². The van der Waals surface area contributed by atoms with E-state index in [0.717, 1.165) is 24.3 Å². The summed E-state index contributed by atoms with van der Waals surface area (Å²) in [4.78, 5) is 12.4. The molecule has 0 radical (unpaired) electrons. The van der Waals surface area contributed by atoms with Crippen molar-refractivity contribution < 1.29 is 35.3 Å². The van der Waals surface area contributed by atoms with E-state index >= 15 is 4.39 Å². The molecule has 36 heavy (non-hydrogen) atoms. The van der Waals surface area contributed by atoms with Crippen molar-refractivity contribution in [2.75, 3.05) is 12.8 Å². The van der Waals surface area contributed by atoms with Crippen molar-refractivity contribution in [3.8, 4) is 0 Å². The fourth-order valence-electron chi connectivity index (χ4n) is 3.11. The van der Waals surface area contributed by atoms with Gasteiger partial charge in [-0.25, -0.2) is 13.2 Å². The largest absolute Gasteiger partial charge is 0.417 e. The highest BCUT2D eigenvalue weighted by atomic mass is 35.5. The van der Waals surface area contributed by atoms with E-state index in [9.17, 15) is 31.0 Å². The molecule has 1 N–H and O–H groups in total. The van der Waals surface area contributed by atoms with Crippen LogP contribution in [0.3, 0.4) is 0 Å². The van der Waals surface area contributed by atoms with Crippen LogP contribution >= 0.6 is 34.8 Å². The Morgan fingerprint density at radius 1 is 1.08 bits per heavy atom. The highest BCUT2D eigenvalue weighted by Gasteiger charge is 2.37. The van der Waals surface area contributed by atoms with Crippen molar-refractivity contribution in [2.24, 2.45) is 0 Å². The highest BCUT2D eigenvalue weighted by molar-refractivity contribution is 7.84. The number of rotatable bonds is 8. The number of nitrogens with one attached hydrogen (secondary N) is 1. The van der Waals surface area contributed by atoms with E-state index in [1.165, 1.54) is 13.2 Å². The smallest absolute Gasteiger partial charge is 0.351 e. The number of carbonyl (C=O) groups excluding carboxylic acids is 1. The lowest BCUT2D eigenvalue weighted by molar-refractivity contribution is -0.138. The van der Waals surface area contributed by atoms with Gasteiger partial charge in [0.1, 0.15) is 5.83 Å². The lowest BCUT2D eigenvalue weighted by Crippen LogP contribution is -2.33. The van der Waals surface area contributed by atoms with Crippen LogP contribution in [-0.4, -0.2) is 34.1 Å². The topological polar surface area (TPSA) is 46.2 Å². The van der Waals surface area contributed by atoms with Crippen molar-refractivity contribution >= 4 is 57.3 Å². The van der Waals surface area contributed by atoms with Gasteiger partial charge in [-0.1, -0.05) is 40.9 Å². The molecule has 0 spiro atoms. The maximum Gasteiger partial charge on any atom is 0.417 e. The summed E-state index contributed by atoms with van der Waals surface area (Å²) in [6.07, 6.45) is -3.24. The predicted octanol–water partition coefficient (Wildman–Crippen LogP) is 7.91. The van der Waals surface area contributed by atoms with E-state index in [-0.39, 0.29) is 27.2 Å². The quantitative estimate of drug-likeness (QED) is 0.249. The molecular formula is C23H20Cl3F6NO2S. The number of carbonyl (C=O) groups is 1. The first kappa shape index (κ1) is 30.5. The summed E-state index contributed by atoms with van der Waals surface area (Å²) in [5, 5.41) is 1.29. The predicted molar refractivity (Wildman–Crippen MR) is 131 cm³/mol. The van der Waals surface area contributed by atoms with Crippen LogP contribution in [0.25, 0.3) is 5.83 Å². The average Bonchev–Trinajstić information content (AvgIpc) is 2.76. The van der Waals surface area contributed by atoms with Gasteiger partial charge in [0.2, 0.25) is 0 Å². The molecule has 198 valence electrons. The number of allylic oxidation sites excluding steroid dienone is 1. The molecule has 2 aromatic rings. The minimum absolute atomic E-state index is 0.104. The lowest BCUT2D eigenvalue weighted by Gasteiger charge is -2.22. The molecule has 0 aliphatic heterocycles. The zero-order valence-corrected chi connectivity index (χ0v) is 22.0. The SMILES string of the molecule is CC(CNC(=O)c1ccc(/C(F)=C/C(c2cc(Cl)c(Cl)c(Cl)c2)C(C)(F)F)cc1C(F)(F)F)S(C)=O. The molecule has 13 heteroatoms. The van der Waals surface area contributed by atoms with Gasteiger partial charge in [0.25, 0.3) is 11.8 Å². The maximum atomic E-state index is 15.1. The summed E-state index contributed by atoms with van der Waals surface area (Å²) in [6, 6.07) is 4.07. The first-order valence-electron chi connectivity index (χ1n) is 10.1. The van der Waals surface area contributed by atoms with E-state index in [2.05, 4.69) is 5.32 Å². The van der Waals surface area contributed by atoms with Crippen LogP contribution in [-0.2, 0) is 17.0 Å². The zero-order chi connectivity index (χ0) is 27.6. The van der Waals surface area contributed by atoms with Crippen LogP contribution in [0, 0.1) is 0 Å². The Morgan fingerprint density at radius 2 is 1.64 bits per heavy atom. The normalized spacial score (nSPS) is 15.4. The molecule has 0 aliphatic rings. The third-order valence-electron chi connectivity index (χ3n) is 5.19. The third kappa shape index (κ3) is 7.63. The maximum absolute atomic E-state index is 15.1. The van der Waals surface area contributed by atoms with Crippen LogP contribution in [0.5, 0.6) is 0 Å². The summed E-state index contributed by atoms with van der Waals surface area (Å²) in [5.41, 5.74) is -3.17. The van der Waals surface area contributed by atoms with Crippen LogP contribution in [0.15, 0.2) is 36.4 Å². The van der Waals surface area contributed by atoms with Crippen LogP contribution < -0.4 is 5.32 Å². The van der Waals surface area contributed by atoms with Gasteiger partial charge in [0.05, 0.1) is 32.1 Å². The molecule has 2 aromatic carbocycles. The molecule has 0 fully saturated rings. The van der Waals surface area contributed by atoms with Crippen LogP contribution in [0.4, 0.5) is 26.3 Å². The molecular weight excluding hydrogens is 575 g/mol. The summed E-state index contributed by atoms with van der Waals surface area (Å²) in [5.74, 6) is -8.03. The van der Waals surface area contributed by atoms with Crippen molar-refractivity contribution in [1.82, 2.24) is 5.32 Å². The molecule has 0 aliphatic carbocycles. The standard InChI is InChI=1S/C23H20Cl3F6NO2S/c1-11(36(3)35)10-33-21(34)14-5-4-12(6-16(14)23(30,31)32)19(27)9-15(22(2,28)29)13-7-17(24)20(26)18(25)8-13/h4-9,11,15H,10H2,1-3H3,(H,33,34)/b19-9-. The molecule has 3 unspecified atom stereocenters.